The normalized spacial score (nSPS) is 17.4. The lowest BCUT2D eigenvalue weighted by atomic mass is 10.1. The summed E-state index contributed by atoms with van der Waals surface area (Å²) >= 11 is 0. The number of nitrogens with one attached hydrogen (secondary N) is 1. The monoisotopic (exact) mass is 296 g/mol. The molecule has 1 aliphatic rings. The average Bonchev–Trinajstić information content (AvgIpc) is 3.23. The summed E-state index contributed by atoms with van der Waals surface area (Å²) in [5, 5.41) is 3.30. The van der Waals surface area contributed by atoms with E-state index in [2.05, 4.69) is 5.32 Å². The second-order valence-corrected chi connectivity index (χ2v) is 7.63. The third-order valence-corrected chi connectivity index (χ3v) is 5.61. The van der Waals surface area contributed by atoms with Crippen molar-refractivity contribution in [3.8, 4) is 0 Å². The van der Waals surface area contributed by atoms with Gasteiger partial charge >= 0.3 is 0 Å². The van der Waals surface area contributed by atoms with E-state index in [1.165, 1.54) is 4.31 Å². The zero-order valence-electron chi connectivity index (χ0n) is 12.5. The first-order chi connectivity index (χ1) is 9.45. The van der Waals surface area contributed by atoms with Gasteiger partial charge in [-0.25, -0.2) is 12.7 Å². The molecule has 0 radical (unpaired) electrons. The molecule has 0 bridgehead atoms. The van der Waals surface area contributed by atoms with Crippen LogP contribution in [-0.4, -0.2) is 32.9 Å². The lowest BCUT2D eigenvalue weighted by Crippen LogP contribution is -2.29. The minimum atomic E-state index is -3.36. The van der Waals surface area contributed by atoms with E-state index in [4.69, 9.17) is 0 Å². The number of benzene rings is 1. The van der Waals surface area contributed by atoms with Crippen LogP contribution in [0.2, 0.25) is 0 Å². The average molecular weight is 296 g/mol. The fourth-order valence-corrected chi connectivity index (χ4v) is 3.61. The Morgan fingerprint density at radius 3 is 2.70 bits per heavy atom. The standard InChI is InChI=1S/C15H24N2O2S/c1-4-16-12(2)14-6-5-7-15(10-14)20(18,19)17(3)11-13-8-9-13/h5-7,10,12-13,16H,4,8-9,11H2,1-3H3. The van der Waals surface area contributed by atoms with E-state index in [0.29, 0.717) is 17.4 Å². The Bertz CT molecular complexity index is 553. The van der Waals surface area contributed by atoms with Gasteiger partial charge in [0.25, 0.3) is 0 Å². The lowest BCUT2D eigenvalue weighted by molar-refractivity contribution is 0.452. The summed E-state index contributed by atoms with van der Waals surface area (Å²) in [6, 6.07) is 7.41. The molecule has 1 N–H and O–H groups in total. The van der Waals surface area contributed by atoms with Crippen molar-refractivity contribution in [2.75, 3.05) is 20.1 Å². The number of rotatable bonds is 7. The molecule has 1 atom stereocenters. The van der Waals surface area contributed by atoms with Gasteiger partial charge in [0.05, 0.1) is 4.90 Å². The Morgan fingerprint density at radius 2 is 2.10 bits per heavy atom. The molecule has 1 aromatic rings. The van der Waals surface area contributed by atoms with E-state index >= 15 is 0 Å². The van der Waals surface area contributed by atoms with Gasteiger partial charge in [0.2, 0.25) is 10.0 Å². The van der Waals surface area contributed by atoms with Gasteiger partial charge in [-0.1, -0.05) is 19.1 Å². The predicted molar refractivity (Wildman–Crippen MR) is 81.1 cm³/mol. The van der Waals surface area contributed by atoms with Crippen LogP contribution in [0.3, 0.4) is 0 Å². The SMILES string of the molecule is CCNC(C)c1cccc(S(=O)(=O)N(C)CC2CC2)c1. The van der Waals surface area contributed by atoms with Crippen LogP contribution in [0.25, 0.3) is 0 Å². The van der Waals surface area contributed by atoms with Crippen molar-refractivity contribution >= 4 is 10.0 Å². The van der Waals surface area contributed by atoms with Gasteiger partial charge in [-0.3, -0.25) is 0 Å². The van der Waals surface area contributed by atoms with Gasteiger partial charge in [-0.05, 0) is 49.9 Å². The van der Waals surface area contributed by atoms with E-state index in [-0.39, 0.29) is 6.04 Å². The highest BCUT2D eigenvalue weighted by atomic mass is 32.2. The molecule has 1 aromatic carbocycles. The summed E-state index contributed by atoms with van der Waals surface area (Å²) in [5.74, 6) is 0.554. The van der Waals surface area contributed by atoms with E-state index in [1.807, 2.05) is 26.0 Å². The Hall–Kier alpha value is -0.910. The van der Waals surface area contributed by atoms with Crippen LogP contribution in [-0.2, 0) is 10.0 Å². The van der Waals surface area contributed by atoms with Crippen molar-refractivity contribution in [1.29, 1.82) is 0 Å². The molecular weight excluding hydrogens is 272 g/mol. The van der Waals surface area contributed by atoms with Crippen molar-refractivity contribution in [3.05, 3.63) is 29.8 Å². The Kier molecular flexibility index (Phi) is 4.83. The van der Waals surface area contributed by atoms with Crippen molar-refractivity contribution in [1.82, 2.24) is 9.62 Å². The zero-order valence-corrected chi connectivity index (χ0v) is 13.3. The minimum absolute atomic E-state index is 0.156. The van der Waals surface area contributed by atoms with Crippen molar-refractivity contribution in [3.63, 3.8) is 0 Å². The highest BCUT2D eigenvalue weighted by Crippen LogP contribution is 2.31. The predicted octanol–water partition coefficient (Wildman–Crippen LogP) is 2.39. The maximum absolute atomic E-state index is 12.5. The van der Waals surface area contributed by atoms with E-state index in [9.17, 15) is 8.42 Å². The smallest absolute Gasteiger partial charge is 0.242 e. The van der Waals surface area contributed by atoms with Crippen molar-refractivity contribution < 1.29 is 8.42 Å². The first-order valence-corrected chi connectivity index (χ1v) is 8.69. The molecule has 0 heterocycles. The van der Waals surface area contributed by atoms with E-state index < -0.39 is 10.0 Å². The highest BCUT2D eigenvalue weighted by Gasteiger charge is 2.29. The van der Waals surface area contributed by atoms with Gasteiger partial charge in [-0.15, -0.1) is 0 Å². The van der Waals surface area contributed by atoms with Gasteiger partial charge in [-0.2, -0.15) is 0 Å². The topological polar surface area (TPSA) is 49.4 Å². The number of hydrogen-bond donors (Lipinski definition) is 1. The van der Waals surface area contributed by atoms with Gasteiger partial charge in [0.1, 0.15) is 0 Å². The molecule has 5 heteroatoms. The number of sulfonamides is 1. The first kappa shape index (κ1) is 15.5. The van der Waals surface area contributed by atoms with Crippen LogP contribution in [0.1, 0.15) is 38.3 Å². The van der Waals surface area contributed by atoms with Gasteiger partial charge < -0.3 is 5.32 Å². The van der Waals surface area contributed by atoms with E-state index in [1.54, 1.807) is 19.2 Å². The molecule has 1 saturated carbocycles. The second-order valence-electron chi connectivity index (χ2n) is 5.58. The summed E-state index contributed by atoms with van der Waals surface area (Å²) in [6.07, 6.45) is 2.30. The van der Waals surface area contributed by atoms with Crippen LogP contribution in [0, 0.1) is 5.92 Å². The highest BCUT2D eigenvalue weighted by molar-refractivity contribution is 7.89. The van der Waals surface area contributed by atoms with Crippen LogP contribution < -0.4 is 5.32 Å². The lowest BCUT2D eigenvalue weighted by Gasteiger charge is -2.19. The van der Waals surface area contributed by atoms with Crippen molar-refractivity contribution in [2.45, 2.75) is 37.6 Å². The van der Waals surface area contributed by atoms with Crippen LogP contribution in [0.5, 0.6) is 0 Å². The summed E-state index contributed by atoms with van der Waals surface area (Å²) in [4.78, 5) is 0.392. The Balaban J connectivity index is 2.20. The van der Waals surface area contributed by atoms with Crippen LogP contribution in [0.15, 0.2) is 29.2 Å². The molecule has 0 amide bonds. The van der Waals surface area contributed by atoms with Crippen LogP contribution >= 0.6 is 0 Å². The molecule has 0 spiro atoms. The molecular formula is C15H24N2O2S. The van der Waals surface area contributed by atoms with Gasteiger partial charge in [0.15, 0.2) is 0 Å². The molecule has 0 aromatic heterocycles. The van der Waals surface area contributed by atoms with E-state index in [0.717, 1.165) is 24.9 Å². The zero-order chi connectivity index (χ0) is 14.8. The Morgan fingerprint density at radius 1 is 1.40 bits per heavy atom. The maximum Gasteiger partial charge on any atom is 0.242 e. The van der Waals surface area contributed by atoms with Gasteiger partial charge in [0, 0.05) is 19.6 Å². The molecule has 0 saturated heterocycles. The maximum atomic E-state index is 12.5. The molecule has 1 aliphatic carbocycles. The van der Waals surface area contributed by atoms with Crippen molar-refractivity contribution in [2.24, 2.45) is 5.92 Å². The first-order valence-electron chi connectivity index (χ1n) is 7.24. The molecule has 1 unspecified atom stereocenters. The fourth-order valence-electron chi connectivity index (χ4n) is 2.31. The largest absolute Gasteiger partial charge is 0.310 e. The summed E-state index contributed by atoms with van der Waals surface area (Å²) in [7, 11) is -1.68. The summed E-state index contributed by atoms with van der Waals surface area (Å²) in [6.45, 7) is 5.58. The third kappa shape index (κ3) is 3.59. The minimum Gasteiger partial charge on any atom is -0.310 e. The summed E-state index contributed by atoms with van der Waals surface area (Å²) < 4.78 is 26.6. The molecule has 112 valence electrons. The quantitative estimate of drug-likeness (QED) is 0.840. The number of hydrogen-bond acceptors (Lipinski definition) is 3. The second kappa shape index (κ2) is 6.24. The van der Waals surface area contributed by atoms with Crippen LogP contribution in [0.4, 0.5) is 0 Å². The molecule has 1 fully saturated rings. The molecule has 20 heavy (non-hydrogen) atoms. The third-order valence-electron chi connectivity index (χ3n) is 3.79. The Labute approximate surface area is 122 Å². The molecule has 2 rings (SSSR count). The molecule has 0 aliphatic heterocycles. The fraction of sp³-hybridized carbons (Fsp3) is 0.600. The number of nitrogens with zero attached hydrogens (tertiary/aromatic N) is 1. The summed E-state index contributed by atoms with van der Waals surface area (Å²) in [5.41, 5.74) is 1.01. The molecule has 4 nitrogen and oxygen atoms in total.